The maximum Gasteiger partial charge on any atom is 0.210 e. The molecule has 0 fully saturated rings. The van der Waals surface area contributed by atoms with Gasteiger partial charge in [0.1, 0.15) is 0 Å². The van der Waals surface area contributed by atoms with E-state index in [-0.39, 0.29) is 5.54 Å². The number of carbonyl (C=O) groups excluding carboxylic acids is 1. The molecule has 0 heterocycles. The molecule has 0 aliphatic rings. The van der Waals surface area contributed by atoms with E-state index in [4.69, 9.17) is 0 Å². The van der Waals surface area contributed by atoms with Gasteiger partial charge < -0.3 is 4.90 Å². The van der Waals surface area contributed by atoms with Crippen molar-refractivity contribution in [3.05, 3.63) is 71.8 Å². The SMILES string of the molecule is CC(C)(CC#Cc1ccccc1)N(C=O)Cc1ccccc1. The van der Waals surface area contributed by atoms with Crippen molar-refractivity contribution in [2.24, 2.45) is 0 Å². The Kier molecular flexibility index (Phi) is 5.38. The molecule has 0 aliphatic heterocycles. The van der Waals surface area contributed by atoms with Crippen LogP contribution in [0.4, 0.5) is 0 Å². The summed E-state index contributed by atoms with van der Waals surface area (Å²) >= 11 is 0. The second-order valence-electron chi connectivity index (χ2n) is 5.88. The summed E-state index contributed by atoms with van der Waals surface area (Å²) in [6, 6.07) is 19.9. The highest BCUT2D eigenvalue weighted by molar-refractivity contribution is 5.49. The predicted octanol–water partition coefficient (Wildman–Crippen LogP) is 3.87. The molecule has 0 unspecified atom stereocenters. The third-order valence-electron chi connectivity index (χ3n) is 3.63. The molecular formula is C20H21NO. The predicted molar refractivity (Wildman–Crippen MR) is 90.1 cm³/mol. The number of rotatable bonds is 5. The van der Waals surface area contributed by atoms with Crippen LogP contribution in [0.2, 0.25) is 0 Å². The Balaban J connectivity index is 2.04. The van der Waals surface area contributed by atoms with Crippen molar-refractivity contribution in [1.82, 2.24) is 4.90 Å². The summed E-state index contributed by atoms with van der Waals surface area (Å²) in [7, 11) is 0. The Morgan fingerprint density at radius 1 is 1.00 bits per heavy atom. The maximum absolute atomic E-state index is 11.5. The van der Waals surface area contributed by atoms with Gasteiger partial charge in [0, 0.05) is 24.1 Å². The Bertz CT molecular complexity index is 650. The standard InChI is InChI=1S/C20H21NO/c1-20(2,15-9-14-18-10-5-3-6-11-18)21(17-22)16-19-12-7-4-8-13-19/h3-8,10-13,17H,15-16H2,1-2H3. The molecule has 2 nitrogen and oxygen atoms in total. The Morgan fingerprint density at radius 3 is 2.18 bits per heavy atom. The molecule has 0 aromatic heterocycles. The quantitative estimate of drug-likeness (QED) is 0.605. The number of hydrogen-bond acceptors (Lipinski definition) is 1. The van der Waals surface area contributed by atoms with E-state index in [0.29, 0.717) is 13.0 Å². The smallest absolute Gasteiger partial charge is 0.210 e. The van der Waals surface area contributed by atoms with Gasteiger partial charge >= 0.3 is 0 Å². The molecule has 1 amide bonds. The van der Waals surface area contributed by atoms with Gasteiger partial charge in [-0.1, -0.05) is 60.4 Å². The lowest BCUT2D eigenvalue weighted by molar-refractivity contribution is -0.123. The third kappa shape index (κ3) is 4.49. The first-order valence-electron chi connectivity index (χ1n) is 7.42. The molecule has 0 aliphatic carbocycles. The first-order chi connectivity index (χ1) is 10.6. The van der Waals surface area contributed by atoms with Gasteiger partial charge in [-0.2, -0.15) is 0 Å². The summed E-state index contributed by atoms with van der Waals surface area (Å²) < 4.78 is 0. The van der Waals surface area contributed by atoms with Crippen molar-refractivity contribution in [2.45, 2.75) is 32.4 Å². The topological polar surface area (TPSA) is 20.3 Å². The van der Waals surface area contributed by atoms with Crippen LogP contribution in [0.3, 0.4) is 0 Å². The van der Waals surface area contributed by atoms with Gasteiger partial charge in [0.05, 0.1) is 0 Å². The van der Waals surface area contributed by atoms with Gasteiger partial charge in [-0.15, -0.1) is 0 Å². The molecule has 0 atom stereocenters. The summed E-state index contributed by atoms with van der Waals surface area (Å²) in [5, 5.41) is 0. The number of nitrogens with zero attached hydrogens (tertiary/aromatic N) is 1. The molecule has 0 radical (unpaired) electrons. The molecule has 2 aromatic rings. The minimum absolute atomic E-state index is 0.306. The molecule has 22 heavy (non-hydrogen) atoms. The summed E-state index contributed by atoms with van der Waals surface area (Å²) in [6.07, 6.45) is 1.55. The van der Waals surface area contributed by atoms with E-state index in [2.05, 4.69) is 11.8 Å². The lowest BCUT2D eigenvalue weighted by Crippen LogP contribution is -2.42. The van der Waals surface area contributed by atoms with Gasteiger partial charge in [0.2, 0.25) is 6.41 Å². The molecular weight excluding hydrogens is 270 g/mol. The summed E-state index contributed by atoms with van der Waals surface area (Å²) in [6.45, 7) is 4.69. The lowest BCUT2D eigenvalue weighted by Gasteiger charge is -2.34. The van der Waals surface area contributed by atoms with Crippen LogP contribution in [0, 0.1) is 11.8 Å². The molecule has 0 saturated carbocycles. The summed E-state index contributed by atoms with van der Waals surface area (Å²) in [5.74, 6) is 6.34. The third-order valence-corrected chi connectivity index (χ3v) is 3.63. The second kappa shape index (κ2) is 7.47. The molecule has 0 N–H and O–H groups in total. The first-order valence-corrected chi connectivity index (χ1v) is 7.42. The number of hydrogen-bond donors (Lipinski definition) is 0. The molecule has 112 valence electrons. The molecule has 2 heteroatoms. The van der Waals surface area contributed by atoms with E-state index in [1.54, 1.807) is 0 Å². The van der Waals surface area contributed by atoms with E-state index in [9.17, 15) is 4.79 Å². The monoisotopic (exact) mass is 291 g/mol. The second-order valence-corrected chi connectivity index (χ2v) is 5.88. The van der Waals surface area contributed by atoms with Crippen LogP contribution < -0.4 is 0 Å². The van der Waals surface area contributed by atoms with Crippen LogP contribution in [0.15, 0.2) is 60.7 Å². The van der Waals surface area contributed by atoms with Gasteiger partial charge in [-0.3, -0.25) is 4.79 Å². The Morgan fingerprint density at radius 2 is 1.59 bits per heavy atom. The number of amides is 1. The average molecular weight is 291 g/mol. The first kappa shape index (κ1) is 15.9. The zero-order valence-electron chi connectivity index (χ0n) is 13.1. The normalized spacial score (nSPS) is 10.5. The van der Waals surface area contributed by atoms with Crippen molar-refractivity contribution in [2.75, 3.05) is 0 Å². The van der Waals surface area contributed by atoms with E-state index in [1.165, 1.54) is 0 Å². The molecule has 2 aromatic carbocycles. The molecule has 0 bridgehead atoms. The van der Waals surface area contributed by atoms with E-state index in [1.807, 2.05) is 79.4 Å². The van der Waals surface area contributed by atoms with Crippen molar-refractivity contribution >= 4 is 6.41 Å². The van der Waals surface area contributed by atoms with Crippen LogP contribution in [0.25, 0.3) is 0 Å². The highest BCUT2D eigenvalue weighted by atomic mass is 16.1. The fourth-order valence-electron chi connectivity index (χ4n) is 2.16. The largest absolute Gasteiger partial charge is 0.335 e. The Hall–Kier alpha value is -2.53. The highest BCUT2D eigenvalue weighted by Crippen LogP contribution is 2.19. The highest BCUT2D eigenvalue weighted by Gasteiger charge is 2.24. The van der Waals surface area contributed by atoms with E-state index in [0.717, 1.165) is 17.5 Å². The van der Waals surface area contributed by atoms with E-state index < -0.39 is 0 Å². The zero-order chi connectivity index (χ0) is 15.8. The minimum Gasteiger partial charge on any atom is -0.335 e. The fraction of sp³-hybridized carbons (Fsp3) is 0.250. The van der Waals surface area contributed by atoms with Crippen molar-refractivity contribution < 1.29 is 4.79 Å². The fourth-order valence-corrected chi connectivity index (χ4v) is 2.16. The average Bonchev–Trinajstić information content (AvgIpc) is 2.54. The lowest BCUT2D eigenvalue weighted by atomic mass is 9.98. The minimum atomic E-state index is -0.306. The van der Waals surface area contributed by atoms with Crippen molar-refractivity contribution in [3.8, 4) is 11.8 Å². The number of carbonyl (C=O) groups is 1. The zero-order valence-corrected chi connectivity index (χ0v) is 13.1. The van der Waals surface area contributed by atoms with Gasteiger partial charge in [0.25, 0.3) is 0 Å². The molecule has 0 saturated heterocycles. The Labute approximate surface area is 132 Å². The van der Waals surface area contributed by atoms with Crippen LogP contribution in [0.5, 0.6) is 0 Å². The molecule has 0 spiro atoms. The van der Waals surface area contributed by atoms with Crippen LogP contribution >= 0.6 is 0 Å². The molecule has 2 rings (SSSR count). The van der Waals surface area contributed by atoms with Gasteiger partial charge in [0.15, 0.2) is 0 Å². The van der Waals surface area contributed by atoms with Crippen molar-refractivity contribution in [3.63, 3.8) is 0 Å². The van der Waals surface area contributed by atoms with E-state index >= 15 is 0 Å². The van der Waals surface area contributed by atoms with Crippen LogP contribution in [-0.2, 0) is 11.3 Å². The summed E-state index contributed by atoms with van der Waals surface area (Å²) in [5.41, 5.74) is 1.82. The van der Waals surface area contributed by atoms with Gasteiger partial charge in [-0.25, -0.2) is 0 Å². The number of benzene rings is 2. The van der Waals surface area contributed by atoms with Crippen LogP contribution in [-0.4, -0.2) is 16.8 Å². The summed E-state index contributed by atoms with van der Waals surface area (Å²) in [4.78, 5) is 13.3. The van der Waals surface area contributed by atoms with Crippen LogP contribution in [0.1, 0.15) is 31.4 Å². The van der Waals surface area contributed by atoms with Gasteiger partial charge in [-0.05, 0) is 31.5 Å². The van der Waals surface area contributed by atoms with Crippen molar-refractivity contribution in [1.29, 1.82) is 0 Å². The maximum atomic E-state index is 11.5.